The zero-order valence-electron chi connectivity index (χ0n) is 12.3. The molecule has 0 spiro atoms. The van der Waals surface area contributed by atoms with Crippen LogP contribution in [0.25, 0.3) is 0 Å². The van der Waals surface area contributed by atoms with Gasteiger partial charge in [-0.2, -0.15) is 8.42 Å². The van der Waals surface area contributed by atoms with Gasteiger partial charge in [-0.25, -0.2) is 0 Å². The average Bonchev–Trinajstić information content (AvgIpc) is 2.24. The number of rotatable bonds is 10. The number of carbonyl (C=O) groups excluding carboxylic acids is 1. The fourth-order valence-electron chi connectivity index (χ4n) is 1.93. The molecule has 6 heteroatoms. The zero-order chi connectivity index (χ0) is 14.9. The summed E-state index contributed by atoms with van der Waals surface area (Å²) in [7, 11) is -3.56. The number of carbonyl (C=O) groups is 1. The first kappa shape index (κ1) is 18.4. The molecule has 19 heavy (non-hydrogen) atoms. The lowest BCUT2D eigenvalue weighted by atomic mass is 9.96. The SMILES string of the molecule is CCCCC(C)CC(CC(=O)OCC)OS(C)(=O)=O. The van der Waals surface area contributed by atoms with E-state index in [0.29, 0.717) is 12.3 Å². The van der Waals surface area contributed by atoms with Gasteiger partial charge in [0.2, 0.25) is 0 Å². The highest BCUT2D eigenvalue weighted by atomic mass is 32.2. The molecule has 0 amide bonds. The lowest BCUT2D eigenvalue weighted by Crippen LogP contribution is -2.24. The van der Waals surface area contributed by atoms with Crippen molar-refractivity contribution in [2.45, 2.75) is 59.0 Å². The third-order valence-corrected chi connectivity index (χ3v) is 3.35. The maximum atomic E-state index is 11.4. The van der Waals surface area contributed by atoms with Crippen molar-refractivity contribution in [1.82, 2.24) is 0 Å². The molecule has 5 nitrogen and oxygen atoms in total. The molecule has 2 atom stereocenters. The third-order valence-electron chi connectivity index (χ3n) is 2.73. The summed E-state index contributed by atoms with van der Waals surface area (Å²) in [6, 6.07) is 0. The Morgan fingerprint density at radius 3 is 2.37 bits per heavy atom. The standard InChI is InChI=1S/C13H26O5S/c1-5-7-8-11(3)9-12(18-19(4,15)16)10-13(14)17-6-2/h11-12H,5-10H2,1-4H3. The highest BCUT2D eigenvalue weighted by molar-refractivity contribution is 7.86. The number of ether oxygens (including phenoxy) is 1. The molecule has 0 N–H and O–H groups in total. The van der Waals surface area contributed by atoms with Gasteiger partial charge in [-0.1, -0.05) is 33.1 Å². The van der Waals surface area contributed by atoms with E-state index in [1.807, 2.05) is 6.92 Å². The van der Waals surface area contributed by atoms with Crippen LogP contribution in [0, 0.1) is 5.92 Å². The minimum Gasteiger partial charge on any atom is -0.466 e. The van der Waals surface area contributed by atoms with Crippen LogP contribution in [-0.2, 0) is 23.8 Å². The van der Waals surface area contributed by atoms with E-state index in [-0.39, 0.29) is 13.0 Å². The van der Waals surface area contributed by atoms with E-state index in [0.717, 1.165) is 25.5 Å². The van der Waals surface area contributed by atoms with Gasteiger partial charge in [0.1, 0.15) is 0 Å². The lowest BCUT2D eigenvalue weighted by Gasteiger charge is -2.19. The summed E-state index contributed by atoms with van der Waals surface area (Å²) < 4.78 is 32.2. The average molecular weight is 294 g/mol. The van der Waals surface area contributed by atoms with Gasteiger partial charge in [0.05, 0.1) is 25.4 Å². The maximum Gasteiger partial charge on any atom is 0.308 e. The summed E-state index contributed by atoms with van der Waals surface area (Å²) in [5, 5.41) is 0. The molecule has 0 aromatic heterocycles. The van der Waals surface area contributed by atoms with E-state index < -0.39 is 22.2 Å². The first-order chi connectivity index (χ1) is 8.78. The molecule has 0 aliphatic heterocycles. The predicted molar refractivity (Wildman–Crippen MR) is 74.3 cm³/mol. The van der Waals surface area contributed by atoms with Crippen LogP contribution in [-0.4, -0.2) is 33.4 Å². The van der Waals surface area contributed by atoms with Crippen molar-refractivity contribution in [3.05, 3.63) is 0 Å². The van der Waals surface area contributed by atoms with Gasteiger partial charge >= 0.3 is 5.97 Å². The minimum atomic E-state index is -3.56. The van der Waals surface area contributed by atoms with E-state index in [1.54, 1.807) is 6.92 Å². The first-order valence-electron chi connectivity index (χ1n) is 6.82. The molecular formula is C13H26O5S. The Morgan fingerprint density at radius 1 is 1.26 bits per heavy atom. The van der Waals surface area contributed by atoms with Crippen LogP contribution < -0.4 is 0 Å². The molecule has 0 heterocycles. The van der Waals surface area contributed by atoms with Crippen LogP contribution in [0.3, 0.4) is 0 Å². The van der Waals surface area contributed by atoms with E-state index in [4.69, 9.17) is 8.92 Å². The Morgan fingerprint density at radius 2 is 1.89 bits per heavy atom. The molecule has 0 rings (SSSR count). The highest BCUT2D eigenvalue weighted by Gasteiger charge is 2.22. The van der Waals surface area contributed by atoms with Crippen molar-refractivity contribution in [3.63, 3.8) is 0 Å². The fraction of sp³-hybridized carbons (Fsp3) is 0.923. The van der Waals surface area contributed by atoms with Crippen molar-refractivity contribution in [2.75, 3.05) is 12.9 Å². The Bertz CT molecular complexity index is 350. The summed E-state index contributed by atoms with van der Waals surface area (Å²) in [6.07, 6.45) is 4.10. The summed E-state index contributed by atoms with van der Waals surface area (Å²) in [5.41, 5.74) is 0. The Balaban J connectivity index is 4.45. The lowest BCUT2D eigenvalue weighted by molar-refractivity contribution is -0.145. The van der Waals surface area contributed by atoms with Gasteiger partial charge in [-0.3, -0.25) is 8.98 Å². The highest BCUT2D eigenvalue weighted by Crippen LogP contribution is 2.19. The third kappa shape index (κ3) is 10.9. The molecular weight excluding hydrogens is 268 g/mol. The largest absolute Gasteiger partial charge is 0.466 e. The van der Waals surface area contributed by atoms with Gasteiger partial charge in [0, 0.05) is 0 Å². The molecule has 0 saturated carbocycles. The molecule has 0 radical (unpaired) electrons. The fourth-order valence-corrected chi connectivity index (χ4v) is 2.57. The van der Waals surface area contributed by atoms with Gasteiger partial charge in [-0.05, 0) is 19.3 Å². The molecule has 0 fully saturated rings. The second-order valence-electron chi connectivity index (χ2n) is 4.91. The van der Waals surface area contributed by atoms with E-state index in [1.165, 1.54) is 0 Å². The summed E-state index contributed by atoms with van der Waals surface area (Å²) in [4.78, 5) is 11.4. The van der Waals surface area contributed by atoms with Gasteiger partial charge in [0.25, 0.3) is 10.1 Å². The van der Waals surface area contributed by atoms with Gasteiger partial charge in [0.15, 0.2) is 0 Å². The van der Waals surface area contributed by atoms with Crippen LogP contribution >= 0.6 is 0 Å². The molecule has 0 aromatic rings. The molecule has 0 aliphatic carbocycles. The second kappa shape index (κ2) is 9.31. The topological polar surface area (TPSA) is 69.7 Å². The van der Waals surface area contributed by atoms with E-state index in [9.17, 15) is 13.2 Å². The second-order valence-corrected chi connectivity index (χ2v) is 6.52. The minimum absolute atomic E-state index is 0.0165. The summed E-state index contributed by atoms with van der Waals surface area (Å²) >= 11 is 0. The van der Waals surface area contributed by atoms with Crippen molar-refractivity contribution in [3.8, 4) is 0 Å². The quantitative estimate of drug-likeness (QED) is 0.457. The van der Waals surface area contributed by atoms with Crippen molar-refractivity contribution in [1.29, 1.82) is 0 Å². The normalized spacial score (nSPS) is 14.9. The van der Waals surface area contributed by atoms with Crippen molar-refractivity contribution >= 4 is 16.1 Å². The number of unbranched alkanes of at least 4 members (excludes halogenated alkanes) is 1. The van der Waals surface area contributed by atoms with Crippen LogP contribution in [0.15, 0.2) is 0 Å². The van der Waals surface area contributed by atoms with Gasteiger partial charge in [-0.15, -0.1) is 0 Å². The molecule has 114 valence electrons. The number of hydrogen-bond donors (Lipinski definition) is 0. The predicted octanol–water partition coefficient (Wildman–Crippen LogP) is 2.50. The first-order valence-corrected chi connectivity index (χ1v) is 8.64. The van der Waals surface area contributed by atoms with E-state index >= 15 is 0 Å². The Hall–Kier alpha value is -0.620. The monoisotopic (exact) mass is 294 g/mol. The summed E-state index contributed by atoms with van der Waals surface area (Å²) in [6.45, 7) is 6.15. The van der Waals surface area contributed by atoms with Crippen LogP contribution in [0.2, 0.25) is 0 Å². The maximum absolute atomic E-state index is 11.4. The van der Waals surface area contributed by atoms with Crippen molar-refractivity contribution < 1.29 is 22.1 Å². The van der Waals surface area contributed by atoms with Crippen LogP contribution in [0.1, 0.15) is 52.9 Å². The summed E-state index contributed by atoms with van der Waals surface area (Å²) in [5.74, 6) is -0.0973. The Labute approximate surface area is 116 Å². The smallest absolute Gasteiger partial charge is 0.308 e. The molecule has 2 unspecified atom stereocenters. The number of esters is 1. The molecule has 0 saturated heterocycles. The van der Waals surface area contributed by atoms with Crippen LogP contribution in [0.5, 0.6) is 0 Å². The van der Waals surface area contributed by atoms with Crippen molar-refractivity contribution in [2.24, 2.45) is 5.92 Å². The molecule has 0 aromatic carbocycles. The zero-order valence-corrected chi connectivity index (χ0v) is 13.2. The van der Waals surface area contributed by atoms with Gasteiger partial charge < -0.3 is 4.74 Å². The molecule has 0 aliphatic rings. The van der Waals surface area contributed by atoms with Crippen LogP contribution in [0.4, 0.5) is 0 Å². The Kier molecular flexibility index (Phi) is 9.01. The molecule has 0 bridgehead atoms. The number of hydrogen-bond acceptors (Lipinski definition) is 5. The van der Waals surface area contributed by atoms with E-state index in [2.05, 4.69) is 6.92 Å².